The maximum Gasteiger partial charge on any atom is 0.268 e. The molecule has 2 amide bonds. The van der Waals surface area contributed by atoms with Crippen molar-refractivity contribution in [2.75, 3.05) is 20.8 Å². The van der Waals surface area contributed by atoms with E-state index in [1.54, 1.807) is 32.4 Å². The Morgan fingerprint density at radius 2 is 1.62 bits per heavy atom. The molecule has 0 aromatic heterocycles. The zero-order valence-electron chi connectivity index (χ0n) is 16.9. The van der Waals surface area contributed by atoms with Crippen LogP contribution in [0.2, 0.25) is 0 Å². The van der Waals surface area contributed by atoms with Gasteiger partial charge in [0.05, 0.1) is 24.7 Å². The minimum Gasteiger partial charge on any atom is -0.493 e. The standard InChI is InChI=1S/C23H25NO4S/c1-4-5-9-14-24-22(25)20(16-12-13-18(27-2)19(15-16)28-3)21(23(24)26)29-17-10-7-6-8-11-17/h6-8,10-13,15H,4-5,9,14H2,1-3H3. The normalized spacial score (nSPS) is 14.0. The molecule has 0 radical (unpaired) electrons. The molecule has 0 atom stereocenters. The quantitative estimate of drug-likeness (QED) is 0.440. The number of ether oxygens (including phenoxy) is 2. The van der Waals surface area contributed by atoms with Gasteiger partial charge in [-0.1, -0.05) is 55.8 Å². The first-order valence-corrected chi connectivity index (χ1v) is 10.5. The molecular weight excluding hydrogens is 386 g/mol. The van der Waals surface area contributed by atoms with Crippen LogP contribution in [-0.4, -0.2) is 37.5 Å². The fourth-order valence-electron chi connectivity index (χ4n) is 3.22. The lowest BCUT2D eigenvalue weighted by atomic mass is 10.1. The number of benzene rings is 2. The zero-order valence-corrected chi connectivity index (χ0v) is 17.8. The molecule has 0 fully saturated rings. The third-order valence-corrected chi connectivity index (χ3v) is 5.84. The van der Waals surface area contributed by atoms with Crippen LogP contribution in [-0.2, 0) is 9.59 Å². The second-order valence-corrected chi connectivity index (χ2v) is 7.74. The summed E-state index contributed by atoms with van der Waals surface area (Å²) in [5, 5.41) is 0. The molecule has 2 aromatic rings. The van der Waals surface area contributed by atoms with Gasteiger partial charge in [-0.05, 0) is 36.2 Å². The summed E-state index contributed by atoms with van der Waals surface area (Å²) in [6, 6.07) is 14.9. The molecule has 0 saturated heterocycles. The molecule has 1 aliphatic rings. The fraction of sp³-hybridized carbons (Fsp3) is 0.304. The highest BCUT2D eigenvalue weighted by molar-refractivity contribution is 8.04. The van der Waals surface area contributed by atoms with E-state index in [-0.39, 0.29) is 11.8 Å². The molecule has 1 heterocycles. The summed E-state index contributed by atoms with van der Waals surface area (Å²) >= 11 is 1.33. The number of hydrogen-bond donors (Lipinski definition) is 0. The Kier molecular flexibility index (Phi) is 6.99. The Balaban J connectivity index is 2.03. The number of nitrogens with zero attached hydrogens (tertiary/aromatic N) is 1. The van der Waals surface area contributed by atoms with Crippen molar-refractivity contribution in [3.63, 3.8) is 0 Å². The molecule has 0 N–H and O–H groups in total. The Labute approximate surface area is 175 Å². The van der Waals surface area contributed by atoms with Crippen LogP contribution in [0.3, 0.4) is 0 Å². The Morgan fingerprint density at radius 3 is 2.28 bits per heavy atom. The number of carbonyl (C=O) groups is 2. The van der Waals surface area contributed by atoms with Crippen molar-refractivity contribution >= 4 is 29.1 Å². The van der Waals surface area contributed by atoms with Gasteiger partial charge in [0.2, 0.25) is 0 Å². The first kappa shape index (κ1) is 21.0. The number of unbranched alkanes of at least 4 members (excludes halogenated alkanes) is 2. The number of amides is 2. The second kappa shape index (κ2) is 9.65. The van der Waals surface area contributed by atoms with Gasteiger partial charge >= 0.3 is 0 Å². The van der Waals surface area contributed by atoms with Gasteiger partial charge in [0.15, 0.2) is 11.5 Å². The number of carbonyl (C=O) groups excluding carboxylic acids is 2. The van der Waals surface area contributed by atoms with Crippen LogP contribution >= 0.6 is 11.8 Å². The molecule has 5 nitrogen and oxygen atoms in total. The molecule has 0 saturated carbocycles. The van der Waals surface area contributed by atoms with E-state index >= 15 is 0 Å². The molecule has 1 aliphatic heterocycles. The molecule has 0 bridgehead atoms. The van der Waals surface area contributed by atoms with Crippen LogP contribution in [0.5, 0.6) is 11.5 Å². The van der Waals surface area contributed by atoms with E-state index < -0.39 is 0 Å². The molecule has 2 aromatic carbocycles. The van der Waals surface area contributed by atoms with Gasteiger partial charge in [-0.15, -0.1) is 0 Å². The van der Waals surface area contributed by atoms with Crippen molar-refractivity contribution in [1.29, 1.82) is 0 Å². The number of methoxy groups -OCH3 is 2. The lowest BCUT2D eigenvalue weighted by Crippen LogP contribution is -2.32. The van der Waals surface area contributed by atoms with Gasteiger partial charge in [-0.3, -0.25) is 14.5 Å². The SMILES string of the molecule is CCCCCN1C(=O)C(Sc2ccccc2)=C(c2ccc(OC)c(OC)c2)C1=O. The molecule has 152 valence electrons. The van der Waals surface area contributed by atoms with Crippen molar-refractivity contribution in [1.82, 2.24) is 4.90 Å². The van der Waals surface area contributed by atoms with Crippen LogP contribution in [0.15, 0.2) is 58.3 Å². The van der Waals surface area contributed by atoms with Gasteiger partial charge in [0, 0.05) is 11.4 Å². The number of thioether (sulfide) groups is 1. The Morgan fingerprint density at radius 1 is 0.897 bits per heavy atom. The van der Waals surface area contributed by atoms with Crippen molar-refractivity contribution in [2.24, 2.45) is 0 Å². The average Bonchev–Trinajstić information content (AvgIpc) is 2.98. The highest BCUT2D eigenvalue weighted by Gasteiger charge is 2.39. The minimum atomic E-state index is -0.253. The van der Waals surface area contributed by atoms with E-state index in [1.807, 2.05) is 30.3 Å². The van der Waals surface area contributed by atoms with Gasteiger partial charge in [0.1, 0.15) is 0 Å². The topological polar surface area (TPSA) is 55.8 Å². The lowest BCUT2D eigenvalue weighted by molar-refractivity contribution is -0.136. The van der Waals surface area contributed by atoms with Gasteiger partial charge < -0.3 is 9.47 Å². The second-order valence-electron chi connectivity index (χ2n) is 6.66. The lowest BCUT2D eigenvalue weighted by Gasteiger charge is -2.15. The molecule has 0 unspecified atom stereocenters. The van der Waals surface area contributed by atoms with Crippen molar-refractivity contribution < 1.29 is 19.1 Å². The van der Waals surface area contributed by atoms with E-state index in [0.29, 0.717) is 34.1 Å². The maximum absolute atomic E-state index is 13.2. The van der Waals surface area contributed by atoms with Gasteiger partial charge in [0.25, 0.3) is 11.8 Å². The molecule has 0 aliphatic carbocycles. The van der Waals surface area contributed by atoms with Crippen molar-refractivity contribution in [3.8, 4) is 11.5 Å². The highest BCUT2D eigenvalue weighted by atomic mass is 32.2. The van der Waals surface area contributed by atoms with Crippen molar-refractivity contribution in [3.05, 3.63) is 59.0 Å². The molecule has 3 rings (SSSR count). The minimum absolute atomic E-state index is 0.232. The summed E-state index contributed by atoms with van der Waals surface area (Å²) in [6.07, 6.45) is 2.80. The summed E-state index contributed by atoms with van der Waals surface area (Å²) in [5.41, 5.74) is 1.07. The average molecular weight is 412 g/mol. The number of hydrogen-bond acceptors (Lipinski definition) is 5. The Hall–Kier alpha value is -2.73. The van der Waals surface area contributed by atoms with Crippen molar-refractivity contribution in [2.45, 2.75) is 31.1 Å². The summed E-state index contributed by atoms with van der Waals surface area (Å²) in [4.78, 5) is 29.1. The van der Waals surface area contributed by atoms with Gasteiger partial charge in [-0.2, -0.15) is 0 Å². The van der Waals surface area contributed by atoms with Gasteiger partial charge in [-0.25, -0.2) is 0 Å². The highest BCUT2D eigenvalue weighted by Crippen LogP contribution is 2.41. The number of imide groups is 1. The fourth-order valence-corrected chi connectivity index (χ4v) is 4.26. The summed E-state index contributed by atoms with van der Waals surface area (Å²) in [5.74, 6) is 0.610. The Bertz CT molecular complexity index is 924. The predicted molar refractivity (Wildman–Crippen MR) is 115 cm³/mol. The monoisotopic (exact) mass is 411 g/mol. The van der Waals surface area contributed by atoms with Crippen LogP contribution in [0.25, 0.3) is 5.57 Å². The maximum atomic E-state index is 13.2. The molecule has 0 spiro atoms. The largest absolute Gasteiger partial charge is 0.493 e. The predicted octanol–water partition coefficient (Wildman–Crippen LogP) is 4.77. The third kappa shape index (κ3) is 4.48. The summed E-state index contributed by atoms with van der Waals surface area (Å²) < 4.78 is 10.7. The van der Waals surface area contributed by atoms with E-state index in [2.05, 4.69) is 6.92 Å². The third-order valence-electron chi connectivity index (χ3n) is 4.75. The van der Waals surface area contributed by atoms with Crippen LogP contribution < -0.4 is 9.47 Å². The van der Waals surface area contributed by atoms with E-state index in [1.165, 1.54) is 16.7 Å². The first-order chi connectivity index (χ1) is 14.1. The molecule has 6 heteroatoms. The van der Waals surface area contributed by atoms with Crippen LogP contribution in [0.1, 0.15) is 31.7 Å². The van der Waals surface area contributed by atoms with E-state index in [4.69, 9.17) is 9.47 Å². The summed E-state index contributed by atoms with van der Waals surface area (Å²) in [7, 11) is 3.11. The number of rotatable bonds is 9. The summed E-state index contributed by atoms with van der Waals surface area (Å²) in [6.45, 7) is 2.53. The smallest absolute Gasteiger partial charge is 0.268 e. The zero-order chi connectivity index (χ0) is 20.8. The van der Waals surface area contributed by atoms with Crippen LogP contribution in [0, 0.1) is 0 Å². The van der Waals surface area contributed by atoms with Crippen LogP contribution in [0.4, 0.5) is 0 Å². The molecule has 29 heavy (non-hydrogen) atoms. The van der Waals surface area contributed by atoms with E-state index in [9.17, 15) is 9.59 Å². The first-order valence-electron chi connectivity index (χ1n) is 9.66. The van der Waals surface area contributed by atoms with E-state index in [0.717, 1.165) is 24.2 Å². The molecular formula is C23H25NO4S.